The van der Waals surface area contributed by atoms with Gasteiger partial charge in [-0.25, -0.2) is 0 Å². The first kappa shape index (κ1) is 30.3. The van der Waals surface area contributed by atoms with Crippen molar-refractivity contribution in [2.75, 3.05) is 4.90 Å². The van der Waals surface area contributed by atoms with Crippen molar-refractivity contribution in [2.24, 2.45) is 5.92 Å². The summed E-state index contributed by atoms with van der Waals surface area (Å²) in [5.74, 6) is 4.15. The summed E-state index contributed by atoms with van der Waals surface area (Å²) in [5.41, 5.74) is 11.0. The standard InChI is InChI=1S/C49H36BNO3/c1-49(28-31-12-10-13-32(31)29-49)33-25-43-46-44(26-33)54-48-40(50(46)45-37-18-9-8-11-30(37)19-24-41(45)52-43)23-22-39-38-21-20-36(27-42(38)53-47(39)48)51(34-14-4-2-5-15-34)35-16-6-3-7-17-35/h2-9,11,14-28,32H,10,12-13,29H2,1H3. The Kier molecular flexibility index (Phi) is 6.26. The van der Waals surface area contributed by atoms with Gasteiger partial charge in [0.25, 0.3) is 6.71 Å². The zero-order chi connectivity index (χ0) is 35.5. The van der Waals surface area contributed by atoms with Gasteiger partial charge in [-0.15, -0.1) is 0 Å². The number of hydrogen-bond donors (Lipinski definition) is 0. The minimum Gasteiger partial charge on any atom is -0.458 e. The minimum absolute atomic E-state index is 0.0662. The molecule has 7 aromatic carbocycles. The molecule has 1 aromatic heterocycles. The van der Waals surface area contributed by atoms with Crippen molar-refractivity contribution >= 4 is 72.9 Å². The Balaban J connectivity index is 1.07. The van der Waals surface area contributed by atoms with E-state index in [0.29, 0.717) is 5.92 Å². The van der Waals surface area contributed by atoms with E-state index in [9.17, 15) is 0 Å². The number of hydrogen-bond acceptors (Lipinski definition) is 4. The maximum atomic E-state index is 7.14. The van der Waals surface area contributed by atoms with Crippen LogP contribution in [0.1, 0.15) is 38.2 Å². The molecule has 3 heterocycles. The summed E-state index contributed by atoms with van der Waals surface area (Å²) in [6, 6.07) is 49.6. The molecular formula is C49H36BNO3. The summed E-state index contributed by atoms with van der Waals surface area (Å²) in [6.45, 7) is 2.32. The molecule has 54 heavy (non-hydrogen) atoms. The maximum absolute atomic E-state index is 7.14. The third-order valence-corrected chi connectivity index (χ3v) is 12.6. The van der Waals surface area contributed by atoms with E-state index >= 15 is 0 Å². The van der Waals surface area contributed by atoms with Crippen LogP contribution < -0.4 is 30.8 Å². The quantitative estimate of drug-likeness (QED) is 0.135. The maximum Gasteiger partial charge on any atom is 0.261 e. The van der Waals surface area contributed by atoms with Gasteiger partial charge in [0.1, 0.15) is 22.8 Å². The molecule has 5 heteroatoms. The number of para-hydroxylation sites is 2. The summed E-state index contributed by atoms with van der Waals surface area (Å²) in [4.78, 5) is 2.27. The summed E-state index contributed by atoms with van der Waals surface area (Å²) in [7, 11) is 0. The molecule has 4 nitrogen and oxygen atoms in total. The molecule has 0 saturated heterocycles. The van der Waals surface area contributed by atoms with Crippen molar-refractivity contribution in [3.63, 3.8) is 0 Å². The number of ether oxygens (including phenoxy) is 2. The number of benzene rings is 7. The van der Waals surface area contributed by atoms with E-state index < -0.39 is 0 Å². The molecule has 12 rings (SSSR count). The van der Waals surface area contributed by atoms with Crippen molar-refractivity contribution in [1.29, 1.82) is 0 Å². The van der Waals surface area contributed by atoms with Crippen LogP contribution >= 0.6 is 0 Å². The van der Waals surface area contributed by atoms with Gasteiger partial charge in [-0.05, 0) is 113 Å². The third-order valence-electron chi connectivity index (χ3n) is 12.6. The smallest absolute Gasteiger partial charge is 0.261 e. The molecule has 0 radical (unpaired) electrons. The zero-order valence-corrected chi connectivity index (χ0v) is 30.0. The molecule has 1 fully saturated rings. The lowest BCUT2D eigenvalue weighted by atomic mass is 9.34. The number of fused-ring (bicyclic) bond motifs is 11. The Bertz CT molecular complexity index is 2840. The van der Waals surface area contributed by atoms with Crippen LogP contribution in [0.2, 0.25) is 0 Å². The Morgan fingerprint density at radius 2 is 1.39 bits per heavy atom. The average Bonchev–Trinajstić information content (AvgIpc) is 3.90. The highest BCUT2D eigenvalue weighted by Gasteiger charge is 2.45. The lowest BCUT2D eigenvalue weighted by Gasteiger charge is -2.35. The van der Waals surface area contributed by atoms with Crippen molar-refractivity contribution in [2.45, 2.75) is 38.0 Å². The molecule has 1 saturated carbocycles. The van der Waals surface area contributed by atoms with Gasteiger partial charge >= 0.3 is 0 Å². The highest BCUT2D eigenvalue weighted by Crippen LogP contribution is 2.51. The Morgan fingerprint density at radius 3 is 2.19 bits per heavy atom. The Hall–Kier alpha value is -6.20. The van der Waals surface area contributed by atoms with E-state index in [1.165, 1.54) is 41.1 Å². The van der Waals surface area contributed by atoms with Crippen LogP contribution in [0.5, 0.6) is 23.0 Å². The Morgan fingerprint density at radius 1 is 0.648 bits per heavy atom. The second-order valence-electron chi connectivity index (χ2n) is 15.8. The zero-order valence-electron chi connectivity index (χ0n) is 30.0. The van der Waals surface area contributed by atoms with Crippen LogP contribution in [-0.2, 0) is 5.41 Å². The van der Waals surface area contributed by atoms with Gasteiger partial charge in [-0.1, -0.05) is 97.4 Å². The SMILES string of the molecule is CC1(c2cc3c4c(c2)Oc2c(ccc5c2oc2cc(N(c6ccccc6)c6ccccc6)ccc25)B4c2c(ccc4ccccc24)O3)C=C2CCCC2C1. The highest BCUT2D eigenvalue weighted by molar-refractivity contribution is 6.99. The topological polar surface area (TPSA) is 34.8 Å². The molecule has 4 aliphatic rings. The number of rotatable bonds is 4. The number of allylic oxidation sites excluding steroid dienone is 2. The van der Waals surface area contributed by atoms with Crippen LogP contribution in [-0.4, -0.2) is 6.71 Å². The fraction of sp³-hybridized carbons (Fsp3) is 0.143. The van der Waals surface area contributed by atoms with Gasteiger partial charge in [0.15, 0.2) is 11.3 Å². The van der Waals surface area contributed by atoms with E-state index in [2.05, 4.69) is 157 Å². The molecular weight excluding hydrogens is 661 g/mol. The largest absolute Gasteiger partial charge is 0.458 e. The summed E-state index contributed by atoms with van der Waals surface area (Å²) >= 11 is 0. The van der Waals surface area contributed by atoms with Gasteiger partial charge < -0.3 is 18.8 Å². The van der Waals surface area contributed by atoms with Gasteiger partial charge in [0, 0.05) is 44.8 Å². The molecule has 2 aliphatic heterocycles. The van der Waals surface area contributed by atoms with Crippen molar-refractivity contribution in [3.05, 3.63) is 157 Å². The number of anilines is 3. The molecule has 0 bridgehead atoms. The second-order valence-corrected chi connectivity index (χ2v) is 15.8. The second kappa shape index (κ2) is 11.2. The Labute approximate surface area is 314 Å². The molecule has 8 aromatic rings. The summed E-state index contributed by atoms with van der Waals surface area (Å²) in [6.07, 6.45) is 7.52. The predicted octanol–water partition coefficient (Wildman–Crippen LogP) is 11.3. The van der Waals surface area contributed by atoms with E-state index in [4.69, 9.17) is 13.9 Å². The minimum atomic E-state index is -0.0726. The van der Waals surface area contributed by atoms with E-state index in [-0.39, 0.29) is 12.1 Å². The highest BCUT2D eigenvalue weighted by atomic mass is 16.5. The van der Waals surface area contributed by atoms with Gasteiger partial charge in [-0.2, -0.15) is 0 Å². The van der Waals surface area contributed by atoms with Crippen LogP contribution in [0.25, 0.3) is 32.7 Å². The monoisotopic (exact) mass is 697 g/mol. The van der Waals surface area contributed by atoms with E-state index in [1.54, 1.807) is 5.57 Å². The number of furan rings is 1. The van der Waals surface area contributed by atoms with E-state index in [0.717, 1.165) is 79.3 Å². The summed E-state index contributed by atoms with van der Waals surface area (Å²) in [5, 5.41) is 4.51. The molecule has 258 valence electrons. The first-order valence-corrected chi connectivity index (χ1v) is 19.3. The van der Waals surface area contributed by atoms with Gasteiger partial charge in [-0.3, -0.25) is 0 Å². The first-order chi connectivity index (χ1) is 26.6. The molecule has 2 unspecified atom stereocenters. The fourth-order valence-electron chi connectivity index (χ4n) is 10.2. The molecule has 2 aliphatic carbocycles. The molecule has 0 N–H and O–H groups in total. The lowest BCUT2D eigenvalue weighted by molar-refractivity contribution is 0.447. The van der Waals surface area contributed by atoms with Crippen molar-refractivity contribution in [1.82, 2.24) is 0 Å². The number of nitrogens with zero attached hydrogens (tertiary/aromatic N) is 1. The molecule has 0 spiro atoms. The fourth-order valence-corrected chi connectivity index (χ4v) is 10.2. The molecule has 0 amide bonds. The van der Waals surface area contributed by atoms with Crippen LogP contribution in [0.3, 0.4) is 0 Å². The van der Waals surface area contributed by atoms with E-state index in [1.807, 2.05) is 0 Å². The first-order valence-electron chi connectivity index (χ1n) is 19.3. The van der Waals surface area contributed by atoms with Gasteiger partial charge in [0.2, 0.25) is 0 Å². The van der Waals surface area contributed by atoms with Gasteiger partial charge in [0.05, 0.1) is 0 Å². The summed E-state index contributed by atoms with van der Waals surface area (Å²) < 4.78 is 21.0. The third kappa shape index (κ3) is 4.33. The van der Waals surface area contributed by atoms with Crippen molar-refractivity contribution < 1.29 is 13.9 Å². The predicted molar refractivity (Wildman–Crippen MR) is 221 cm³/mol. The van der Waals surface area contributed by atoms with Crippen molar-refractivity contribution in [3.8, 4) is 23.0 Å². The van der Waals surface area contributed by atoms with Crippen LogP contribution in [0, 0.1) is 5.92 Å². The lowest BCUT2D eigenvalue weighted by Crippen LogP contribution is -2.57. The van der Waals surface area contributed by atoms with Crippen LogP contribution in [0.4, 0.5) is 17.1 Å². The van der Waals surface area contributed by atoms with Crippen LogP contribution in [0.15, 0.2) is 156 Å². The normalized spacial score (nSPS) is 19.2. The average molecular weight is 698 g/mol. The molecule has 2 atom stereocenters.